The second-order valence-corrected chi connectivity index (χ2v) is 2.66. The van der Waals surface area contributed by atoms with Gasteiger partial charge in [0.25, 0.3) is 5.69 Å². The molecule has 0 aliphatic carbocycles. The zero-order valence-electron chi connectivity index (χ0n) is 7.75. The molecule has 0 N–H and O–H groups in total. The summed E-state index contributed by atoms with van der Waals surface area (Å²) in [6.07, 6.45) is -2.73. The molecule has 0 heterocycles. The van der Waals surface area contributed by atoms with E-state index in [9.17, 15) is 23.3 Å². The molecule has 4 nitrogen and oxygen atoms in total. The summed E-state index contributed by atoms with van der Waals surface area (Å²) in [7, 11) is 0. The fraction of sp³-hybridized carbons (Fsp3) is 0.111. The normalized spacial score (nSPS) is 10.9. The molecule has 85 valence electrons. The topological polar surface area (TPSA) is 52.4 Å². The predicted molar refractivity (Wildman–Crippen MR) is 47.8 cm³/mol. The van der Waals surface area contributed by atoms with Gasteiger partial charge in [0, 0.05) is 17.7 Å². The molecule has 0 aromatic heterocycles. The Hall–Kier alpha value is -2.05. The molecule has 0 aliphatic rings. The molecule has 7 heteroatoms. The number of hydrogen-bond acceptors (Lipinski definition) is 3. The minimum absolute atomic E-state index is 0.216. The van der Waals surface area contributed by atoms with Gasteiger partial charge in [0.15, 0.2) is 0 Å². The van der Waals surface area contributed by atoms with Gasteiger partial charge in [-0.15, -0.1) is 13.2 Å². The first kappa shape index (κ1) is 12.0. The van der Waals surface area contributed by atoms with Crippen LogP contribution in [-0.4, -0.2) is 11.3 Å². The van der Waals surface area contributed by atoms with Crippen LogP contribution in [-0.2, 0) is 0 Å². The third kappa shape index (κ3) is 2.97. The second kappa shape index (κ2) is 4.21. The van der Waals surface area contributed by atoms with Crippen molar-refractivity contribution in [1.82, 2.24) is 0 Å². The van der Waals surface area contributed by atoms with Crippen LogP contribution in [0.25, 0.3) is 0 Å². The molecule has 0 aliphatic heterocycles. The van der Waals surface area contributed by atoms with E-state index in [0.717, 1.165) is 18.2 Å². The van der Waals surface area contributed by atoms with Crippen LogP contribution >= 0.6 is 0 Å². The highest BCUT2D eigenvalue weighted by Gasteiger charge is 2.32. The van der Waals surface area contributed by atoms with Gasteiger partial charge in [-0.1, -0.05) is 6.58 Å². The molecule has 0 bridgehead atoms. The number of ether oxygens (including phenoxy) is 1. The Bertz CT molecular complexity index is 428. The summed E-state index contributed by atoms with van der Waals surface area (Å²) in [5, 5.41) is 10.4. The highest BCUT2D eigenvalue weighted by atomic mass is 19.4. The molecule has 1 aromatic carbocycles. The van der Waals surface area contributed by atoms with Crippen molar-refractivity contribution < 1.29 is 22.8 Å². The summed E-state index contributed by atoms with van der Waals surface area (Å²) in [4.78, 5) is 9.62. The van der Waals surface area contributed by atoms with Crippen LogP contribution in [0.1, 0.15) is 5.56 Å². The van der Waals surface area contributed by atoms with Crippen molar-refractivity contribution in [2.45, 2.75) is 6.36 Å². The van der Waals surface area contributed by atoms with Gasteiger partial charge in [-0.25, -0.2) is 0 Å². The average Bonchev–Trinajstić information content (AvgIpc) is 2.15. The molecule has 0 amide bonds. The molecule has 1 rings (SSSR count). The Morgan fingerprint density at radius 1 is 1.44 bits per heavy atom. The van der Waals surface area contributed by atoms with Crippen LogP contribution in [0, 0.1) is 16.2 Å². The third-order valence-corrected chi connectivity index (χ3v) is 1.59. The molecular weight excluding hydrogens is 227 g/mol. The Morgan fingerprint density at radius 3 is 2.50 bits per heavy atom. The summed E-state index contributed by atoms with van der Waals surface area (Å²) in [6, 6.07) is 2.65. The molecule has 0 atom stereocenters. The van der Waals surface area contributed by atoms with E-state index >= 15 is 0 Å². The number of nitro benzene ring substituents is 1. The van der Waals surface area contributed by atoms with Crippen molar-refractivity contribution in [3.8, 4) is 5.75 Å². The van der Waals surface area contributed by atoms with E-state index in [2.05, 4.69) is 17.4 Å². The summed E-state index contributed by atoms with van der Waals surface area (Å²) in [5.74, 6) is -0.576. The quantitative estimate of drug-likeness (QED) is 0.594. The zero-order valence-corrected chi connectivity index (χ0v) is 7.75. The molecule has 1 radical (unpaired) electrons. The maximum absolute atomic E-state index is 11.9. The van der Waals surface area contributed by atoms with Gasteiger partial charge >= 0.3 is 6.36 Å². The van der Waals surface area contributed by atoms with Gasteiger partial charge in [0.1, 0.15) is 5.75 Å². The van der Waals surface area contributed by atoms with E-state index in [1.807, 2.05) is 0 Å². The maximum atomic E-state index is 11.9. The van der Waals surface area contributed by atoms with Gasteiger partial charge in [-0.05, 0) is 12.1 Å². The van der Waals surface area contributed by atoms with Crippen molar-refractivity contribution in [2.24, 2.45) is 0 Å². The standard InChI is InChI=1S/C9H5F3NO3/c1-2-6-5-7(13(14)15)3-4-8(6)16-9(10,11)12/h3-5H,1H2. The Morgan fingerprint density at radius 2 is 2.06 bits per heavy atom. The molecule has 0 saturated carbocycles. The minimum atomic E-state index is -4.86. The number of non-ortho nitro benzene ring substituents is 1. The van der Waals surface area contributed by atoms with E-state index in [-0.39, 0.29) is 11.3 Å². The monoisotopic (exact) mass is 232 g/mol. The fourth-order valence-electron chi connectivity index (χ4n) is 0.983. The largest absolute Gasteiger partial charge is 0.573 e. The first-order chi connectivity index (χ1) is 7.33. The average molecular weight is 232 g/mol. The SMILES string of the molecule is C=[C]c1cc([N+](=O)[O-])ccc1OC(F)(F)F. The van der Waals surface area contributed by atoms with Gasteiger partial charge in [-0.3, -0.25) is 10.1 Å². The van der Waals surface area contributed by atoms with E-state index in [1.54, 1.807) is 0 Å². The van der Waals surface area contributed by atoms with E-state index in [1.165, 1.54) is 0 Å². The highest BCUT2D eigenvalue weighted by Crippen LogP contribution is 2.29. The molecule has 0 spiro atoms. The minimum Gasteiger partial charge on any atom is -0.405 e. The number of hydrogen-bond donors (Lipinski definition) is 0. The number of rotatable bonds is 3. The number of halogens is 3. The summed E-state index contributed by atoms with van der Waals surface area (Å²) in [6.45, 7) is 3.13. The lowest BCUT2D eigenvalue weighted by atomic mass is 10.2. The molecule has 0 unspecified atom stereocenters. The van der Waals surface area contributed by atoms with Gasteiger partial charge in [0.2, 0.25) is 0 Å². The lowest BCUT2D eigenvalue weighted by molar-refractivity contribution is -0.385. The number of nitrogens with zero attached hydrogens (tertiary/aromatic N) is 1. The molecule has 0 fully saturated rings. The zero-order chi connectivity index (χ0) is 12.3. The van der Waals surface area contributed by atoms with Crippen LogP contribution in [0.5, 0.6) is 5.75 Å². The summed E-state index contributed by atoms with van der Waals surface area (Å²) in [5.41, 5.74) is -0.577. The third-order valence-electron chi connectivity index (χ3n) is 1.59. The second-order valence-electron chi connectivity index (χ2n) is 2.66. The molecule has 0 saturated heterocycles. The fourth-order valence-corrected chi connectivity index (χ4v) is 0.983. The maximum Gasteiger partial charge on any atom is 0.573 e. The van der Waals surface area contributed by atoms with Crippen molar-refractivity contribution in [1.29, 1.82) is 0 Å². The predicted octanol–water partition coefficient (Wildman–Crippen LogP) is 2.83. The molecular formula is C9H5F3NO3. The van der Waals surface area contributed by atoms with Crippen molar-refractivity contribution in [3.05, 3.63) is 46.5 Å². The lowest BCUT2D eigenvalue weighted by Crippen LogP contribution is -2.17. The number of alkyl halides is 3. The Balaban J connectivity index is 3.12. The Labute approximate surface area is 88.1 Å². The number of nitro groups is 1. The summed E-state index contributed by atoms with van der Waals surface area (Å²) >= 11 is 0. The molecule has 16 heavy (non-hydrogen) atoms. The van der Waals surface area contributed by atoms with E-state index in [4.69, 9.17) is 0 Å². The van der Waals surface area contributed by atoms with E-state index < -0.39 is 17.0 Å². The highest BCUT2D eigenvalue weighted by molar-refractivity contribution is 5.46. The molecule has 1 aromatic rings. The Kier molecular flexibility index (Phi) is 3.17. The van der Waals surface area contributed by atoms with Crippen LogP contribution in [0.2, 0.25) is 0 Å². The summed E-state index contributed by atoms with van der Waals surface area (Å²) < 4.78 is 39.4. The van der Waals surface area contributed by atoms with E-state index in [0.29, 0.717) is 0 Å². The van der Waals surface area contributed by atoms with Gasteiger partial charge < -0.3 is 4.74 Å². The van der Waals surface area contributed by atoms with Gasteiger partial charge in [-0.2, -0.15) is 0 Å². The number of benzene rings is 1. The van der Waals surface area contributed by atoms with Crippen molar-refractivity contribution in [2.75, 3.05) is 0 Å². The smallest absolute Gasteiger partial charge is 0.405 e. The van der Waals surface area contributed by atoms with Crippen LogP contribution in [0.15, 0.2) is 24.8 Å². The van der Waals surface area contributed by atoms with Crippen LogP contribution in [0.4, 0.5) is 18.9 Å². The first-order valence-electron chi connectivity index (χ1n) is 3.91. The van der Waals surface area contributed by atoms with Crippen molar-refractivity contribution >= 4 is 5.69 Å². The first-order valence-corrected chi connectivity index (χ1v) is 3.91. The lowest BCUT2D eigenvalue weighted by Gasteiger charge is -2.10. The van der Waals surface area contributed by atoms with Gasteiger partial charge in [0.05, 0.1) is 4.92 Å². The van der Waals surface area contributed by atoms with Crippen molar-refractivity contribution in [3.63, 3.8) is 0 Å². The van der Waals surface area contributed by atoms with Crippen LogP contribution < -0.4 is 4.74 Å². The van der Waals surface area contributed by atoms with Crippen LogP contribution in [0.3, 0.4) is 0 Å².